The van der Waals surface area contributed by atoms with Gasteiger partial charge in [-0.15, -0.1) is 0 Å². The molecule has 0 atom stereocenters. The largest absolute Gasteiger partial charge is 0.354 e. The normalized spacial score (nSPS) is 14.5. The smallest absolute Gasteiger partial charge is 0.270 e. The second-order valence-electron chi connectivity index (χ2n) is 6.63. The van der Waals surface area contributed by atoms with Gasteiger partial charge in [-0.3, -0.25) is 9.59 Å². The first kappa shape index (κ1) is 17.9. The molecule has 0 spiro atoms. The summed E-state index contributed by atoms with van der Waals surface area (Å²) in [5, 5.41) is 9.03. The lowest BCUT2D eigenvalue weighted by atomic mass is 9.95. The number of anilines is 3. The molecule has 2 aromatic rings. The van der Waals surface area contributed by atoms with Gasteiger partial charge in [0, 0.05) is 24.3 Å². The van der Waals surface area contributed by atoms with E-state index in [1.165, 1.54) is 26.2 Å². The van der Waals surface area contributed by atoms with Gasteiger partial charge in [0.25, 0.3) is 5.91 Å². The van der Waals surface area contributed by atoms with Crippen LogP contribution < -0.4 is 16.0 Å². The van der Waals surface area contributed by atoms with Gasteiger partial charge in [0.1, 0.15) is 5.69 Å². The molecule has 3 rings (SSSR count). The molecule has 6 heteroatoms. The van der Waals surface area contributed by atoms with Gasteiger partial charge in [-0.2, -0.15) is 0 Å². The Hall–Kier alpha value is -2.89. The predicted molar refractivity (Wildman–Crippen MR) is 103 cm³/mol. The number of nitrogens with one attached hydrogen (secondary N) is 3. The molecule has 0 unspecified atom stereocenters. The molecule has 136 valence electrons. The van der Waals surface area contributed by atoms with Crippen LogP contribution in [0.4, 0.5) is 17.1 Å². The molecule has 0 aliphatic heterocycles. The molecule has 0 bridgehead atoms. The molecule has 2 amide bonds. The lowest BCUT2D eigenvalue weighted by molar-refractivity contribution is -0.114. The summed E-state index contributed by atoms with van der Waals surface area (Å²) in [7, 11) is 0. The van der Waals surface area contributed by atoms with Crippen LogP contribution in [0.5, 0.6) is 0 Å². The number of pyridine rings is 1. The number of aromatic nitrogens is 1. The van der Waals surface area contributed by atoms with Crippen molar-refractivity contribution in [1.29, 1.82) is 0 Å². The quantitative estimate of drug-likeness (QED) is 0.763. The molecule has 1 aliphatic carbocycles. The van der Waals surface area contributed by atoms with Crippen molar-refractivity contribution in [2.24, 2.45) is 0 Å². The number of rotatable bonds is 5. The first-order valence-electron chi connectivity index (χ1n) is 9.02. The number of hydrogen-bond donors (Lipinski definition) is 3. The van der Waals surface area contributed by atoms with Crippen molar-refractivity contribution in [2.45, 2.75) is 45.1 Å². The average molecular weight is 352 g/mol. The van der Waals surface area contributed by atoms with Gasteiger partial charge in [-0.05, 0) is 43.2 Å². The fourth-order valence-electron chi connectivity index (χ4n) is 3.15. The number of benzene rings is 1. The third kappa shape index (κ3) is 5.05. The van der Waals surface area contributed by atoms with Crippen molar-refractivity contribution in [1.82, 2.24) is 10.3 Å². The summed E-state index contributed by atoms with van der Waals surface area (Å²) < 4.78 is 0. The molecule has 1 aromatic carbocycles. The molecule has 1 fully saturated rings. The first-order chi connectivity index (χ1) is 12.6. The molecule has 1 saturated carbocycles. The third-order valence-electron chi connectivity index (χ3n) is 4.41. The van der Waals surface area contributed by atoms with E-state index >= 15 is 0 Å². The summed E-state index contributed by atoms with van der Waals surface area (Å²) >= 11 is 0. The van der Waals surface area contributed by atoms with Crippen LogP contribution in [0.25, 0.3) is 0 Å². The Morgan fingerprint density at radius 3 is 2.46 bits per heavy atom. The molecule has 0 radical (unpaired) electrons. The van der Waals surface area contributed by atoms with E-state index in [-0.39, 0.29) is 17.9 Å². The molecule has 26 heavy (non-hydrogen) atoms. The van der Waals surface area contributed by atoms with E-state index in [1.807, 2.05) is 30.3 Å². The Bertz CT molecular complexity index is 768. The highest BCUT2D eigenvalue weighted by Crippen LogP contribution is 2.20. The third-order valence-corrected chi connectivity index (χ3v) is 4.41. The molecule has 0 saturated heterocycles. The monoisotopic (exact) mass is 352 g/mol. The van der Waals surface area contributed by atoms with Crippen molar-refractivity contribution >= 4 is 28.9 Å². The van der Waals surface area contributed by atoms with Crippen molar-refractivity contribution in [3.05, 3.63) is 48.3 Å². The van der Waals surface area contributed by atoms with Crippen LogP contribution in [0.1, 0.15) is 49.5 Å². The second kappa shape index (κ2) is 8.47. The lowest BCUT2D eigenvalue weighted by Crippen LogP contribution is -2.36. The van der Waals surface area contributed by atoms with Crippen LogP contribution in [-0.4, -0.2) is 22.8 Å². The maximum Gasteiger partial charge on any atom is 0.270 e. The number of amides is 2. The summed E-state index contributed by atoms with van der Waals surface area (Å²) in [6.45, 7) is 1.47. The SMILES string of the molecule is CC(=O)Nc1cccc(Nc2ccc(C(=O)NC3CCCCC3)nc2)c1. The van der Waals surface area contributed by atoms with E-state index in [1.54, 1.807) is 12.3 Å². The molecular formula is C20H24N4O2. The first-order valence-corrected chi connectivity index (χ1v) is 9.02. The van der Waals surface area contributed by atoms with Gasteiger partial charge >= 0.3 is 0 Å². The summed E-state index contributed by atoms with van der Waals surface area (Å²) in [5.41, 5.74) is 2.75. The highest BCUT2D eigenvalue weighted by molar-refractivity contribution is 5.92. The van der Waals surface area contributed by atoms with Crippen molar-refractivity contribution in [3.63, 3.8) is 0 Å². The standard InChI is InChI=1S/C20H24N4O2/c1-14(25)22-16-8-5-9-17(12-16)23-18-10-11-19(21-13-18)20(26)24-15-6-3-2-4-7-15/h5,8-13,15,23H,2-4,6-7H2,1H3,(H,22,25)(H,24,26). The van der Waals surface area contributed by atoms with E-state index in [0.717, 1.165) is 29.9 Å². The minimum absolute atomic E-state index is 0.114. The molecule has 3 N–H and O–H groups in total. The van der Waals surface area contributed by atoms with Gasteiger partial charge in [-0.1, -0.05) is 25.3 Å². The number of hydrogen-bond acceptors (Lipinski definition) is 4. The summed E-state index contributed by atoms with van der Waals surface area (Å²) in [4.78, 5) is 27.7. The van der Waals surface area contributed by atoms with Crippen molar-refractivity contribution in [2.75, 3.05) is 10.6 Å². The van der Waals surface area contributed by atoms with Gasteiger partial charge in [0.05, 0.1) is 11.9 Å². The van der Waals surface area contributed by atoms with Crippen LogP contribution in [0.2, 0.25) is 0 Å². The van der Waals surface area contributed by atoms with Crippen LogP contribution in [0, 0.1) is 0 Å². The van der Waals surface area contributed by atoms with E-state index in [9.17, 15) is 9.59 Å². The zero-order valence-corrected chi connectivity index (χ0v) is 14.9. The Labute approximate surface area is 153 Å². The van der Waals surface area contributed by atoms with E-state index < -0.39 is 0 Å². The highest BCUT2D eigenvalue weighted by atomic mass is 16.2. The Kier molecular flexibility index (Phi) is 5.84. The second-order valence-corrected chi connectivity index (χ2v) is 6.63. The van der Waals surface area contributed by atoms with E-state index in [2.05, 4.69) is 20.9 Å². The molecular weight excluding hydrogens is 328 g/mol. The maximum atomic E-state index is 12.3. The van der Waals surface area contributed by atoms with Gasteiger partial charge in [-0.25, -0.2) is 4.98 Å². The number of carbonyl (C=O) groups is 2. The van der Waals surface area contributed by atoms with Gasteiger partial charge in [0.15, 0.2) is 0 Å². The molecule has 1 aromatic heterocycles. The van der Waals surface area contributed by atoms with E-state index in [0.29, 0.717) is 5.69 Å². The van der Waals surface area contributed by atoms with Crippen LogP contribution in [-0.2, 0) is 4.79 Å². The highest BCUT2D eigenvalue weighted by Gasteiger charge is 2.17. The Morgan fingerprint density at radius 2 is 1.77 bits per heavy atom. The minimum atomic E-state index is -0.115. The fourth-order valence-corrected chi connectivity index (χ4v) is 3.15. The van der Waals surface area contributed by atoms with Crippen LogP contribution >= 0.6 is 0 Å². The molecule has 1 aliphatic rings. The van der Waals surface area contributed by atoms with E-state index in [4.69, 9.17) is 0 Å². The lowest BCUT2D eigenvalue weighted by Gasteiger charge is -2.22. The Balaban J connectivity index is 1.60. The fraction of sp³-hybridized carbons (Fsp3) is 0.350. The van der Waals surface area contributed by atoms with Crippen molar-refractivity contribution < 1.29 is 9.59 Å². The maximum absolute atomic E-state index is 12.3. The zero-order valence-electron chi connectivity index (χ0n) is 14.9. The number of carbonyl (C=O) groups excluding carboxylic acids is 2. The van der Waals surface area contributed by atoms with Crippen molar-refractivity contribution in [3.8, 4) is 0 Å². The van der Waals surface area contributed by atoms with Crippen LogP contribution in [0.3, 0.4) is 0 Å². The predicted octanol–water partition coefficient (Wildman–Crippen LogP) is 3.85. The summed E-state index contributed by atoms with van der Waals surface area (Å²) in [6.07, 6.45) is 7.36. The molecule has 6 nitrogen and oxygen atoms in total. The minimum Gasteiger partial charge on any atom is -0.354 e. The van der Waals surface area contributed by atoms with Gasteiger partial charge < -0.3 is 16.0 Å². The zero-order chi connectivity index (χ0) is 18.4. The summed E-state index contributed by atoms with van der Waals surface area (Å²) in [5.74, 6) is -0.228. The molecule has 1 heterocycles. The summed E-state index contributed by atoms with van der Waals surface area (Å²) in [6, 6.07) is 11.2. The topological polar surface area (TPSA) is 83.1 Å². The number of nitrogens with zero attached hydrogens (tertiary/aromatic N) is 1. The van der Waals surface area contributed by atoms with Gasteiger partial charge in [0.2, 0.25) is 5.91 Å². The average Bonchev–Trinajstić information content (AvgIpc) is 2.63. The Morgan fingerprint density at radius 1 is 1.00 bits per heavy atom. The van der Waals surface area contributed by atoms with Crippen LogP contribution in [0.15, 0.2) is 42.6 Å².